The lowest BCUT2D eigenvalue weighted by atomic mass is 10.0. The topological polar surface area (TPSA) is 61.4 Å². The smallest absolute Gasteiger partial charge is 0.261 e. The molecule has 2 heterocycles. The average Bonchev–Trinajstić information content (AvgIpc) is 3.07. The van der Waals surface area contributed by atoms with Crippen molar-refractivity contribution < 1.29 is 9.59 Å². The van der Waals surface area contributed by atoms with Crippen LogP contribution in [0.25, 0.3) is 0 Å². The van der Waals surface area contributed by atoms with Crippen LogP contribution < -0.4 is 10.6 Å². The Kier molecular flexibility index (Phi) is 7.05. The lowest BCUT2D eigenvalue weighted by molar-refractivity contribution is -0.122. The van der Waals surface area contributed by atoms with Gasteiger partial charge < -0.3 is 15.5 Å². The van der Waals surface area contributed by atoms with Gasteiger partial charge >= 0.3 is 0 Å². The molecule has 2 unspecified atom stereocenters. The Hall–Kier alpha value is -1.40. The maximum atomic E-state index is 12.0. The van der Waals surface area contributed by atoms with Crippen LogP contribution in [0.4, 0.5) is 0 Å². The first kappa shape index (κ1) is 17.9. The molecule has 0 bridgehead atoms. The fourth-order valence-corrected chi connectivity index (χ4v) is 3.50. The number of nitrogens with zero attached hydrogens (tertiary/aromatic N) is 1. The third-order valence-electron chi connectivity index (χ3n) is 4.35. The number of piperidine rings is 1. The molecule has 0 saturated carbocycles. The molecule has 1 fully saturated rings. The van der Waals surface area contributed by atoms with Crippen LogP contribution in [0.1, 0.15) is 49.2 Å². The zero-order valence-electron chi connectivity index (χ0n) is 14.0. The molecule has 0 spiro atoms. The van der Waals surface area contributed by atoms with E-state index in [1.807, 2.05) is 11.4 Å². The van der Waals surface area contributed by atoms with Gasteiger partial charge in [0, 0.05) is 19.1 Å². The lowest BCUT2D eigenvalue weighted by Gasteiger charge is -2.33. The molecule has 6 heteroatoms. The van der Waals surface area contributed by atoms with Gasteiger partial charge in [-0.2, -0.15) is 0 Å². The summed E-state index contributed by atoms with van der Waals surface area (Å²) >= 11 is 1.37. The minimum Gasteiger partial charge on any atom is -0.354 e. The van der Waals surface area contributed by atoms with E-state index in [1.54, 1.807) is 13.0 Å². The van der Waals surface area contributed by atoms with Crippen molar-refractivity contribution in [3.05, 3.63) is 22.4 Å². The highest BCUT2D eigenvalue weighted by atomic mass is 32.1. The molecule has 2 atom stereocenters. The Morgan fingerprint density at radius 1 is 1.43 bits per heavy atom. The molecule has 1 aliphatic heterocycles. The van der Waals surface area contributed by atoms with Crippen LogP contribution in [0, 0.1) is 0 Å². The SMILES string of the molecule is CC(NC(=O)c1cccs1)C(=O)NCCCN1CCCCC1C. The molecular weight excluding hydrogens is 310 g/mol. The van der Waals surface area contributed by atoms with Gasteiger partial charge in [-0.3, -0.25) is 9.59 Å². The molecule has 5 nitrogen and oxygen atoms in total. The van der Waals surface area contributed by atoms with Crippen LogP contribution in [0.15, 0.2) is 17.5 Å². The van der Waals surface area contributed by atoms with Gasteiger partial charge in [0.2, 0.25) is 5.91 Å². The third kappa shape index (κ3) is 5.62. The highest BCUT2D eigenvalue weighted by Gasteiger charge is 2.19. The molecule has 2 amide bonds. The molecule has 1 saturated heterocycles. The fraction of sp³-hybridized carbons (Fsp3) is 0.647. The molecular formula is C17H27N3O2S. The first-order valence-corrected chi connectivity index (χ1v) is 9.32. The highest BCUT2D eigenvalue weighted by Crippen LogP contribution is 2.16. The fourth-order valence-electron chi connectivity index (χ4n) is 2.88. The number of carbonyl (C=O) groups excluding carboxylic acids is 2. The summed E-state index contributed by atoms with van der Waals surface area (Å²) in [5, 5.41) is 7.49. The number of carbonyl (C=O) groups is 2. The Morgan fingerprint density at radius 2 is 2.26 bits per heavy atom. The van der Waals surface area contributed by atoms with Gasteiger partial charge in [-0.25, -0.2) is 0 Å². The van der Waals surface area contributed by atoms with Gasteiger partial charge in [-0.05, 0) is 51.1 Å². The van der Waals surface area contributed by atoms with E-state index in [0.717, 1.165) is 13.0 Å². The Bertz CT molecular complexity index is 504. The summed E-state index contributed by atoms with van der Waals surface area (Å²) in [5.41, 5.74) is 0. The van der Waals surface area contributed by atoms with Crippen molar-refractivity contribution in [1.29, 1.82) is 0 Å². The van der Waals surface area contributed by atoms with Crippen molar-refractivity contribution in [2.75, 3.05) is 19.6 Å². The van der Waals surface area contributed by atoms with Crippen molar-refractivity contribution in [3.8, 4) is 0 Å². The highest BCUT2D eigenvalue weighted by molar-refractivity contribution is 7.12. The van der Waals surface area contributed by atoms with Crippen LogP contribution in [-0.4, -0.2) is 48.4 Å². The van der Waals surface area contributed by atoms with E-state index in [2.05, 4.69) is 22.5 Å². The van der Waals surface area contributed by atoms with E-state index >= 15 is 0 Å². The minimum atomic E-state index is -0.515. The maximum absolute atomic E-state index is 12.0. The molecule has 128 valence electrons. The molecule has 1 aliphatic rings. The summed E-state index contributed by atoms with van der Waals surface area (Å²) < 4.78 is 0. The Balaban J connectivity index is 1.63. The van der Waals surface area contributed by atoms with Crippen molar-refractivity contribution in [1.82, 2.24) is 15.5 Å². The monoisotopic (exact) mass is 337 g/mol. The van der Waals surface area contributed by atoms with Crippen LogP contribution in [0.5, 0.6) is 0 Å². The summed E-state index contributed by atoms with van der Waals surface area (Å²) in [7, 11) is 0. The number of amides is 2. The molecule has 1 aromatic rings. The van der Waals surface area contributed by atoms with E-state index in [4.69, 9.17) is 0 Å². The van der Waals surface area contributed by atoms with Crippen LogP contribution in [0.3, 0.4) is 0 Å². The second-order valence-electron chi connectivity index (χ2n) is 6.20. The molecule has 2 rings (SSSR count). The van der Waals surface area contributed by atoms with Gasteiger partial charge in [0.1, 0.15) is 6.04 Å². The average molecular weight is 337 g/mol. The molecule has 1 aromatic heterocycles. The molecule has 2 N–H and O–H groups in total. The number of rotatable bonds is 7. The van der Waals surface area contributed by atoms with Gasteiger partial charge in [0.15, 0.2) is 0 Å². The van der Waals surface area contributed by atoms with E-state index in [-0.39, 0.29) is 11.8 Å². The Labute approximate surface area is 142 Å². The predicted molar refractivity (Wildman–Crippen MR) is 93.8 cm³/mol. The summed E-state index contributed by atoms with van der Waals surface area (Å²) in [6, 6.07) is 3.72. The Morgan fingerprint density at radius 3 is 2.96 bits per heavy atom. The summed E-state index contributed by atoms with van der Waals surface area (Å²) in [6.07, 6.45) is 4.83. The first-order valence-electron chi connectivity index (χ1n) is 8.44. The van der Waals surface area contributed by atoms with E-state index in [0.29, 0.717) is 17.5 Å². The standard InChI is InChI=1S/C17H27N3O2S/c1-13-7-3-4-10-20(13)11-6-9-18-16(21)14(2)19-17(22)15-8-5-12-23-15/h5,8,12-14H,3-4,6-7,9-11H2,1-2H3,(H,18,21)(H,19,22). The van der Waals surface area contributed by atoms with E-state index in [1.165, 1.54) is 37.1 Å². The minimum absolute atomic E-state index is 0.124. The van der Waals surface area contributed by atoms with Crippen molar-refractivity contribution >= 4 is 23.2 Å². The van der Waals surface area contributed by atoms with Gasteiger partial charge in [0.25, 0.3) is 5.91 Å². The number of hydrogen-bond donors (Lipinski definition) is 2. The van der Waals surface area contributed by atoms with Crippen LogP contribution in [0.2, 0.25) is 0 Å². The van der Waals surface area contributed by atoms with Crippen LogP contribution in [-0.2, 0) is 4.79 Å². The first-order chi connectivity index (χ1) is 11.1. The summed E-state index contributed by atoms with van der Waals surface area (Å²) in [5.74, 6) is -0.314. The number of thiophene rings is 1. The maximum Gasteiger partial charge on any atom is 0.261 e. The second-order valence-corrected chi connectivity index (χ2v) is 7.15. The largest absolute Gasteiger partial charge is 0.354 e. The van der Waals surface area contributed by atoms with Gasteiger partial charge in [-0.1, -0.05) is 12.5 Å². The number of nitrogens with one attached hydrogen (secondary N) is 2. The quantitative estimate of drug-likeness (QED) is 0.750. The zero-order chi connectivity index (χ0) is 16.7. The van der Waals surface area contributed by atoms with Gasteiger partial charge in [0.05, 0.1) is 4.88 Å². The second kappa shape index (κ2) is 9.03. The van der Waals surface area contributed by atoms with E-state index < -0.39 is 6.04 Å². The van der Waals surface area contributed by atoms with Crippen molar-refractivity contribution in [3.63, 3.8) is 0 Å². The molecule has 0 aromatic carbocycles. The normalized spacial score (nSPS) is 20.0. The van der Waals surface area contributed by atoms with E-state index in [9.17, 15) is 9.59 Å². The molecule has 0 radical (unpaired) electrons. The number of likely N-dealkylation sites (tertiary alicyclic amines) is 1. The third-order valence-corrected chi connectivity index (χ3v) is 5.22. The van der Waals surface area contributed by atoms with Gasteiger partial charge in [-0.15, -0.1) is 11.3 Å². The lowest BCUT2D eigenvalue weighted by Crippen LogP contribution is -2.45. The summed E-state index contributed by atoms with van der Waals surface area (Å²) in [4.78, 5) is 27.1. The zero-order valence-corrected chi connectivity index (χ0v) is 14.8. The molecule has 0 aliphatic carbocycles. The number of hydrogen-bond acceptors (Lipinski definition) is 4. The van der Waals surface area contributed by atoms with Crippen LogP contribution >= 0.6 is 11.3 Å². The van der Waals surface area contributed by atoms with Crippen molar-refractivity contribution in [2.24, 2.45) is 0 Å². The predicted octanol–water partition coefficient (Wildman–Crippen LogP) is 2.25. The summed E-state index contributed by atoms with van der Waals surface area (Å²) in [6.45, 7) is 6.84. The van der Waals surface area contributed by atoms with Crippen molar-refractivity contribution in [2.45, 2.75) is 51.6 Å². The molecule has 23 heavy (non-hydrogen) atoms.